The minimum absolute atomic E-state index is 0.273. The summed E-state index contributed by atoms with van der Waals surface area (Å²) in [6.07, 6.45) is 2.68. The van der Waals surface area contributed by atoms with E-state index < -0.39 is 0 Å². The average molecular weight is 386 g/mol. The summed E-state index contributed by atoms with van der Waals surface area (Å²) in [5.74, 6) is 0.822. The van der Waals surface area contributed by atoms with Crippen molar-refractivity contribution in [2.45, 2.75) is 26.8 Å². The Labute approximate surface area is 169 Å². The summed E-state index contributed by atoms with van der Waals surface area (Å²) in [5.41, 5.74) is 4.20. The first-order valence-corrected chi connectivity index (χ1v) is 9.58. The minimum atomic E-state index is -0.273. The molecule has 0 saturated carbocycles. The molecule has 0 atom stereocenters. The van der Waals surface area contributed by atoms with E-state index >= 15 is 0 Å². The highest BCUT2D eigenvalue weighted by Gasteiger charge is 2.22. The second-order valence-electron chi connectivity index (χ2n) is 6.83. The molecule has 6 nitrogen and oxygen atoms in total. The van der Waals surface area contributed by atoms with Crippen molar-refractivity contribution in [2.24, 2.45) is 0 Å². The van der Waals surface area contributed by atoms with Gasteiger partial charge >= 0.3 is 0 Å². The topological polar surface area (TPSA) is 73.0 Å². The van der Waals surface area contributed by atoms with Crippen molar-refractivity contribution in [2.75, 3.05) is 5.32 Å². The van der Waals surface area contributed by atoms with Gasteiger partial charge in [0.2, 0.25) is 0 Å². The van der Waals surface area contributed by atoms with Crippen molar-refractivity contribution in [3.05, 3.63) is 89.3 Å². The van der Waals surface area contributed by atoms with Crippen LogP contribution in [0.4, 0.5) is 5.82 Å². The molecule has 0 unspecified atom stereocenters. The highest BCUT2D eigenvalue weighted by atomic mass is 16.5. The Morgan fingerprint density at radius 3 is 2.48 bits per heavy atom. The molecule has 0 radical (unpaired) electrons. The van der Waals surface area contributed by atoms with E-state index in [4.69, 9.17) is 4.52 Å². The highest BCUT2D eigenvalue weighted by Crippen LogP contribution is 2.26. The molecule has 1 amide bonds. The SMILES string of the molecule is CCc1ccc(Cn2nccc2NC(=O)c2c(-c3ccccc3)noc2C)cc1. The fourth-order valence-corrected chi connectivity index (χ4v) is 3.23. The molecule has 0 bridgehead atoms. The lowest BCUT2D eigenvalue weighted by Crippen LogP contribution is -2.17. The van der Waals surface area contributed by atoms with Gasteiger partial charge in [-0.25, -0.2) is 4.68 Å². The predicted molar refractivity (Wildman–Crippen MR) is 112 cm³/mol. The van der Waals surface area contributed by atoms with Gasteiger partial charge in [0.05, 0.1) is 12.7 Å². The Morgan fingerprint density at radius 2 is 1.76 bits per heavy atom. The fraction of sp³-hybridized carbons (Fsp3) is 0.174. The number of carbonyl (C=O) groups excluding carboxylic acids is 1. The maximum Gasteiger partial charge on any atom is 0.262 e. The second-order valence-corrected chi connectivity index (χ2v) is 6.83. The van der Waals surface area contributed by atoms with Gasteiger partial charge < -0.3 is 9.84 Å². The lowest BCUT2D eigenvalue weighted by Gasteiger charge is -2.10. The highest BCUT2D eigenvalue weighted by molar-refractivity contribution is 6.08. The van der Waals surface area contributed by atoms with E-state index in [0.29, 0.717) is 29.4 Å². The van der Waals surface area contributed by atoms with E-state index in [9.17, 15) is 4.79 Å². The summed E-state index contributed by atoms with van der Waals surface area (Å²) in [5, 5.41) is 11.4. The summed E-state index contributed by atoms with van der Waals surface area (Å²) >= 11 is 0. The Bertz CT molecular complexity index is 1110. The molecule has 0 aliphatic heterocycles. The lowest BCUT2D eigenvalue weighted by atomic mass is 10.1. The number of hydrogen-bond acceptors (Lipinski definition) is 4. The number of anilines is 1. The van der Waals surface area contributed by atoms with Gasteiger partial charge in [-0.1, -0.05) is 66.7 Å². The molecule has 0 aliphatic carbocycles. The van der Waals surface area contributed by atoms with Gasteiger partial charge in [0.25, 0.3) is 5.91 Å². The van der Waals surface area contributed by atoms with E-state index in [1.54, 1.807) is 23.9 Å². The van der Waals surface area contributed by atoms with Crippen LogP contribution in [-0.2, 0) is 13.0 Å². The number of nitrogens with one attached hydrogen (secondary N) is 1. The Morgan fingerprint density at radius 1 is 1.03 bits per heavy atom. The Hall–Kier alpha value is -3.67. The number of hydrogen-bond donors (Lipinski definition) is 1. The average Bonchev–Trinajstić information content (AvgIpc) is 3.35. The van der Waals surface area contributed by atoms with Crippen LogP contribution in [0.5, 0.6) is 0 Å². The quantitative estimate of drug-likeness (QED) is 0.521. The largest absolute Gasteiger partial charge is 0.360 e. The second kappa shape index (κ2) is 8.14. The van der Waals surface area contributed by atoms with Crippen LogP contribution in [0.3, 0.4) is 0 Å². The number of amides is 1. The monoisotopic (exact) mass is 386 g/mol. The molecular weight excluding hydrogens is 364 g/mol. The summed E-state index contributed by atoms with van der Waals surface area (Å²) in [6.45, 7) is 4.44. The van der Waals surface area contributed by atoms with Gasteiger partial charge in [-0.15, -0.1) is 0 Å². The zero-order valence-electron chi connectivity index (χ0n) is 16.4. The van der Waals surface area contributed by atoms with Crippen molar-refractivity contribution in [1.82, 2.24) is 14.9 Å². The van der Waals surface area contributed by atoms with Gasteiger partial charge in [-0.05, 0) is 24.5 Å². The lowest BCUT2D eigenvalue weighted by molar-refractivity contribution is 0.102. The summed E-state index contributed by atoms with van der Waals surface area (Å²) < 4.78 is 7.07. The van der Waals surface area contributed by atoms with E-state index in [2.05, 4.69) is 46.8 Å². The zero-order chi connectivity index (χ0) is 20.2. The number of nitrogens with zero attached hydrogens (tertiary/aromatic N) is 3. The Balaban J connectivity index is 1.56. The van der Waals surface area contributed by atoms with Crippen LogP contribution in [0.15, 0.2) is 71.4 Å². The minimum Gasteiger partial charge on any atom is -0.360 e. The molecule has 2 aromatic heterocycles. The van der Waals surface area contributed by atoms with Gasteiger partial charge in [-0.2, -0.15) is 5.10 Å². The third-order valence-electron chi connectivity index (χ3n) is 4.86. The molecule has 0 aliphatic rings. The molecule has 4 rings (SSSR count). The molecular formula is C23H22N4O2. The van der Waals surface area contributed by atoms with Gasteiger partial charge in [0.1, 0.15) is 22.8 Å². The standard InChI is InChI=1S/C23H22N4O2/c1-3-17-9-11-18(12-10-17)15-27-20(13-14-24-27)25-23(28)21-16(2)29-26-22(21)19-7-5-4-6-8-19/h4-14H,3,15H2,1-2H3,(H,25,28). The smallest absolute Gasteiger partial charge is 0.262 e. The van der Waals surface area contributed by atoms with Crippen molar-refractivity contribution < 1.29 is 9.32 Å². The summed E-state index contributed by atoms with van der Waals surface area (Å²) in [7, 11) is 0. The van der Waals surface area contributed by atoms with E-state index in [1.807, 2.05) is 30.3 Å². The first kappa shape index (κ1) is 18.7. The normalized spacial score (nSPS) is 10.8. The predicted octanol–water partition coefficient (Wildman–Crippen LogP) is 4.71. The first-order chi connectivity index (χ1) is 14.2. The maximum atomic E-state index is 13.0. The van der Waals surface area contributed by atoms with Gasteiger partial charge in [-0.3, -0.25) is 4.79 Å². The maximum absolute atomic E-state index is 13.0. The third kappa shape index (κ3) is 3.96. The molecule has 2 heterocycles. The molecule has 146 valence electrons. The van der Waals surface area contributed by atoms with Crippen LogP contribution in [-0.4, -0.2) is 20.8 Å². The van der Waals surface area contributed by atoms with E-state index in [0.717, 1.165) is 17.5 Å². The number of rotatable bonds is 6. The van der Waals surface area contributed by atoms with Crippen LogP contribution in [0.25, 0.3) is 11.3 Å². The van der Waals surface area contributed by atoms with Crippen LogP contribution in [0.1, 0.15) is 34.2 Å². The van der Waals surface area contributed by atoms with Gasteiger partial charge in [0.15, 0.2) is 0 Å². The molecule has 1 N–H and O–H groups in total. The third-order valence-corrected chi connectivity index (χ3v) is 4.86. The first-order valence-electron chi connectivity index (χ1n) is 9.58. The number of benzene rings is 2. The summed E-state index contributed by atoms with van der Waals surface area (Å²) in [6, 6.07) is 19.7. The molecule has 6 heteroatoms. The van der Waals surface area contributed by atoms with Crippen molar-refractivity contribution in [3.8, 4) is 11.3 Å². The van der Waals surface area contributed by atoms with Gasteiger partial charge in [0, 0.05) is 11.6 Å². The van der Waals surface area contributed by atoms with Crippen molar-refractivity contribution in [3.63, 3.8) is 0 Å². The summed E-state index contributed by atoms with van der Waals surface area (Å²) in [4.78, 5) is 13.0. The fourth-order valence-electron chi connectivity index (χ4n) is 3.23. The molecule has 29 heavy (non-hydrogen) atoms. The molecule has 0 spiro atoms. The number of aromatic nitrogens is 3. The molecule has 0 saturated heterocycles. The van der Waals surface area contributed by atoms with E-state index in [-0.39, 0.29) is 5.91 Å². The van der Waals surface area contributed by atoms with Crippen LogP contribution < -0.4 is 5.32 Å². The zero-order valence-corrected chi connectivity index (χ0v) is 16.4. The Kier molecular flexibility index (Phi) is 5.24. The van der Waals surface area contributed by atoms with E-state index in [1.165, 1.54) is 5.56 Å². The molecule has 2 aromatic carbocycles. The van der Waals surface area contributed by atoms with Crippen LogP contribution in [0, 0.1) is 6.92 Å². The van der Waals surface area contributed by atoms with Crippen LogP contribution in [0.2, 0.25) is 0 Å². The number of carbonyl (C=O) groups is 1. The number of aryl methyl sites for hydroxylation is 2. The van der Waals surface area contributed by atoms with Crippen molar-refractivity contribution in [1.29, 1.82) is 0 Å². The van der Waals surface area contributed by atoms with Crippen LogP contribution >= 0.6 is 0 Å². The molecule has 4 aromatic rings. The van der Waals surface area contributed by atoms with Crippen molar-refractivity contribution >= 4 is 11.7 Å². The molecule has 0 fully saturated rings.